The molecule has 17 heavy (non-hydrogen) atoms. The van der Waals surface area contributed by atoms with Gasteiger partial charge in [-0.1, -0.05) is 85.7 Å². The normalized spacial score (nSPS) is 11.5. The van der Waals surface area contributed by atoms with Crippen LogP contribution in [0.4, 0.5) is 0 Å². The van der Waals surface area contributed by atoms with Gasteiger partial charge in [0.1, 0.15) is 9.52 Å². The molecule has 0 spiro atoms. The Hall–Kier alpha value is -1.34. The molecule has 0 amide bonds. The third-order valence-electron chi connectivity index (χ3n) is 2.89. The van der Waals surface area contributed by atoms with Gasteiger partial charge in [0.2, 0.25) is 0 Å². The van der Waals surface area contributed by atoms with Gasteiger partial charge in [0.15, 0.2) is 0 Å². The predicted molar refractivity (Wildman–Crippen MR) is 78.0 cm³/mol. The second kappa shape index (κ2) is 4.88. The number of hydrogen-bond acceptors (Lipinski definition) is 0. The summed E-state index contributed by atoms with van der Waals surface area (Å²) in [6.07, 6.45) is 0. The van der Waals surface area contributed by atoms with Crippen molar-refractivity contribution in [2.45, 2.75) is 26.2 Å². The standard InChI is InChI=1S/C16H19Si/c1-16(2,3)13-8-7-11-15(12-13)17-14-9-5-4-6-10-14/h4-12,17H,1-3H3. The average molecular weight is 239 g/mol. The van der Waals surface area contributed by atoms with Gasteiger partial charge in [0, 0.05) is 0 Å². The van der Waals surface area contributed by atoms with Crippen LogP contribution in [0.1, 0.15) is 26.3 Å². The fraction of sp³-hybridized carbons (Fsp3) is 0.250. The average Bonchev–Trinajstić information content (AvgIpc) is 2.29. The van der Waals surface area contributed by atoms with Crippen LogP contribution in [0.2, 0.25) is 0 Å². The Balaban J connectivity index is 2.23. The molecule has 2 aromatic rings. The van der Waals surface area contributed by atoms with Crippen LogP contribution in [0.5, 0.6) is 0 Å². The lowest BCUT2D eigenvalue weighted by Gasteiger charge is -2.19. The van der Waals surface area contributed by atoms with Gasteiger partial charge >= 0.3 is 0 Å². The molecule has 0 fully saturated rings. The monoisotopic (exact) mass is 239 g/mol. The van der Waals surface area contributed by atoms with E-state index in [0.29, 0.717) is 0 Å². The lowest BCUT2D eigenvalue weighted by Crippen LogP contribution is -2.28. The molecule has 2 rings (SSSR count). The first-order chi connectivity index (χ1) is 8.05. The highest BCUT2D eigenvalue weighted by Crippen LogP contribution is 2.20. The van der Waals surface area contributed by atoms with E-state index in [1.807, 2.05) is 0 Å². The van der Waals surface area contributed by atoms with E-state index < -0.39 is 0 Å². The van der Waals surface area contributed by atoms with Crippen molar-refractivity contribution in [3.05, 3.63) is 60.2 Å². The van der Waals surface area contributed by atoms with E-state index in [1.54, 1.807) is 0 Å². The summed E-state index contributed by atoms with van der Waals surface area (Å²) in [6.45, 7) is 6.80. The van der Waals surface area contributed by atoms with Crippen molar-refractivity contribution >= 4 is 19.9 Å². The van der Waals surface area contributed by atoms with Crippen LogP contribution < -0.4 is 10.4 Å². The zero-order valence-corrected chi connectivity index (χ0v) is 11.9. The molecule has 0 unspecified atom stereocenters. The second-order valence-corrected chi connectivity index (χ2v) is 7.05. The molecule has 87 valence electrons. The molecular formula is C16H19Si. The van der Waals surface area contributed by atoms with Crippen LogP contribution in [-0.4, -0.2) is 9.52 Å². The largest absolute Gasteiger partial charge is 0.103 e. The molecule has 1 heteroatoms. The highest BCUT2D eigenvalue weighted by atomic mass is 28.2. The summed E-state index contributed by atoms with van der Waals surface area (Å²) in [4.78, 5) is 0. The first kappa shape index (κ1) is 12.1. The summed E-state index contributed by atoms with van der Waals surface area (Å²) in [5.74, 6) is 0. The highest BCUT2D eigenvalue weighted by Gasteiger charge is 2.13. The lowest BCUT2D eigenvalue weighted by molar-refractivity contribution is 0.591. The first-order valence-corrected chi connectivity index (χ1v) is 7.21. The zero-order valence-electron chi connectivity index (χ0n) is 10.8. The van der Waals surface area contributed by atoms with Crippen LogP contribution in [-0.2, 0) is 5.41 Å². The Morgan fingerprint density at radius 3 is 2.06 bits per heavy atom. The summed E-state index contributed by atoms with van der Waals surface area (Å²) >= 11 is 0. The second-order valence-electron chi connectivity index (χ2n) is 5.43. The Morgan fingerprint density at radius 2 is 1.41 bits per heavy atom. The van der Waals surface area contributed by atoms with E-state index in [2.05, 4.69) is 75.4 Å². The molecule has 0 nitrogen and oxygen atoms in total. The summed E-state index contributed by atoms with van der Waals surface area (Å²) in [7, 11) is 0.219. The predicted octanol–water partition coefficient (Wildman–Crippen LogP) is 2.37. The minimum absolute atomic E-state index is 0.219. The molecule has 1 radical (unpaired) electrons. The van der Waals surface area contributed by atoms with E-state index in [4.69, 9.17) is 0 Å². The molecule has 0 saturated heterocycles. The van der Waals surface area contributed by atoms with Gasteiger partial charge in [-0.3, -0.25) is 0 Å². The van der Waals surface area contributed by atoms with Crippen LogP contribution in [0, 0.1) is 0 Å². The minimum atomic E-state index is 0.219. The fourth-order valence-electron chi connectivity index (χ4n) is 1.84. The SMILES string of the molecule is CC(C)(C)c1cccc([SiH]c2ccccc2)c1. The van der Waals surface area contributed by atoms with E-state index in [-0.39, 0.29) is 14.9 Å². The Labute approximate surface area is 107 Å². The number of hydrogen-bond donors (Lipinski definition) is 0. The molecule has 0 aliphatic rings. The molecule has 0 saturated carbocycles. The van der Waals surface area contributed by atoms with E-state index in [0.717, 1.165) is 0 Å². The van der Waals surface area contributed by atoms with Gasteiger partial charge in [-0.25, -0.2) is 0 Å². The van der Waals surface area contributed by atoms with Crippen LogP contribution in [0.25, 0.3) is 0 Å². The summed E-state index contributed by atoms with van der Waals surface area (Å²) in [5, 5.41) is 2.93. The van der Waals surface area contributed by atoms with Crippen molar-refractivity contribution in [3.8, 4) is 0 Å². The quantitative estimate of drug-likeness (QED) is 0.706. The van der Waals surface area contributed by atoms with Crippen molar-refractivity contribution < 1.29 is 0 Å². The van der Waals surface area contributed by atoms with Crippen molar-refractivity contribution in [1.29, 1.82) is 0 Å². The van der Waals surface area contributed by atoms with Gasteiger partial charge in [-0.2, -0.15) is 0 Å². The molecule has 0 aliphatic heterocycles. The molecule has 0 bridgehead atoms. The zero-order chi connectivity index (χ0) is 12.3. The topological polar surface area (TPSA) is 0 Å². The van der Waals surface area contributed by atoms with Crippen molar-refractivity contribution in [2.24, 2.45) is 0 Å². The van der Waals surface area contributed by atoms with E-state index in [9.17, 15) is 0 Å². The van der Waals surface area contributed by atoms with Gasteiger partial charge < -0.3 is 0 Å². The van der Waals surface area contributed by atoms with E-state index >= 15 is 0 Å². The number of benzene rings is 2. The maximum atomic E-state index is 2.36. The smallest absolute Gasteiger partial charge is 0.0632 e. The summed E-state index contributed by atoms with van der Waals surface area (Å²) < 4.78 is 0. The maximum Gasteiger partial charge on any atom is 0.103 e. The molecule has 0 aliphatic carbocycles. The van der Waals surface area contributed by atoms with Crippen LogP contribution in [0.3, 0.4) is 0 Å². The van der Waals surface area contributed by atoms with E-state index in [1.165, 1.54) is 15.9 Å². The maximum absolute atomic E-state index is 2.36. The summed E-state index contributed by atoms with van der Waals surface area (Å²) in [5.41, 5.74) is 1.67. The van der Waals surface area contributed by atoms with Crippen molar-refractivity contribution in [3.63, 3.8) is 0 Å². The lowest BCUT2D eigenvalue weighted by atomic mass is 9.87. The molecule has 0 aromatic heterocycles. The van der Waals surface area contributed by atoms with Gasteiger partial charge in [0.05, 0.1) is 0 Å². The van der Waals surface area contributed by atoms with Gasteiger partial charge in [-0.05, 0) is 11.0 Å². The van der Waals surface area contributed by atoms with Crippen LogP contribution >= 0.6 is 0 Å². The van der Waals surface area contributed by atoms with Crippen LogP contribution in [0.15, 0.2) is 54.6 Å². The summed E-state index contributed by atoms with van der Waals surface area (Å²) in [6, 6.07) is 19.8. The Kier molecular flexibility index (Phi) is 3.48. The number of rotatable bonds is 2. The molecule has 2 aromatic carbocycles. The fourth-order valence-corrected chi connectivity index (χ4v) is 3.11. The minimum Gasteiger partial charge on any atom is -0.0632 e. The third kappa shape index (κ3) is 3.30. The van der Waals surface area contributed by atoms with Crippen molar-refractivity contribution in [2.75, 3.05) is 0 Å². The van der Waals surface area contributed by atoms with Gasteiger partial charge in [0.25, 0.3) is 0 Å². The highest BCUT2D eigenvalue weighted by molar-refractivity contribution is 6.67. The molecule has 0 N–H and O–H groups in total. The third-order valence-corrected chi connectivity index (χ3v) is 4.30. The Bertz CT molecular complexity index is 480. The van der Waals surface area contributed by atoms with Crippen molar-refractivity contribution in [1.82, 2.24) is 0 Å². The first-order valence-electron chi connectivity index (χ1n) is 6.06. The Morgan fingerprint density at radius 1 is 0.765 bits per heavy atom. The van der Waals surface area contributed by atoms with Gasteiger partial charge in [-0.15, -0.1) is 0 Å². The molecule has 0 heterocycles. The molecular weight excluding hydrogens is 220 g/mol. The molecule has 0 atom stereocenters.